The van der Waals surface area contributed by atoms with Gasteiger partial charge in [-0.15, -0.1) is 0 Å². The van der Waals surface area contributed by atoms with E-state index < -0.39 is 0 Å². The van der Waals surface area contributed by atoms with Crippen molar-refractivity contribution in [3.63, 3.8) is 0 Å². The maximum atomic E-state index is 12.3. The molecule has 3 aromatic rings. The molecule has 8 nitrogen and oxygen atoms in total. The Balaban J connectivity index is 2.02. The van der Waals surface area contributed by atoms with Crippen LogP contribution in [0.25, 0.3) is 23.3 Å². The predicted octanol–water partition coefficient (Wildman–Crippen LogP) is 0.600. The van der Waals surface area contributed by atoms with Crippen LogP contribution in [0.4, 0.5) is 5.82 Å². The molecule has 24 heavy (non-hydrogen) atoms. The fraction of sp³-hybridized carbons (Fsp3) is 0.312. The molecular formula is C16H19N7O. The number of hydrogen-bond acceptors (Lipinski definition) is 6. The number of anilines is 1. The van der Waals surface area contributed by atoms with Gasteiger partial charge in [-0.1, -0.05) is 19.1 Å². The van der Waals surface area contributed by atoms with E-state index in [4.69, 9.17) is 0 Å². The third-order valence-corrected chi connectivity index (χ3v) is 3.68. The van der Waals surface area contributed by atoms with Gasteiger partial charge in [-0.05, 0) is 20.3 Å². The zero-order chi connectivity index (χ0) is 17.1. The highest BCUT2D eigenvalue weighted by atomic mass is 16.1. The first-order valence-corrected chi connectivity index (χ1v) is 7.81. The Labute approximate surface area is 137 Å². The van der Waals surface area contributed by atoms with E-state index >= 15 is 0 Å². The largest absolute Gasteiger partial charge is 0.359 e. The normalized spacial score (nSPS) is 14.3. The van der Waals surface area contributed by atoms with E-state index in [1.807, 2.05) is 26.8 Å². The van der Waals surface area contributed by atoms with Gasteiger partial charge in [0.05, 0.1) is 22.9 Å². The number of nitrogens with one attached hydrogen (secondary N) is 3. The molecule has 3 aromatic heterocycles. The molecule has 0 amide bonds. The standard InChI is InChI=1S/C16H19N7O/c1-4-6-11-10(5-2)16(24)23-13(22-11)9(3)21-15-12-14(18-7-17-12)19-8-20-15/h5-9H,4H2,1-3H3,(H,22,23,24)(H2,17,18,19,20,21)/b10-5+,11-6+. The lowest BCUT2D eigenvalue weighted by molar-refractivity contribution is 0.764. The minimum Gasteiger partial charge on any atom is -0.359 e. The van der Waals surface area contributed by atoms with Crippen molar-refractivity contribution < 1.29 is 0 Å². The molecule has 0 aliphatic rings. The summed E-state index contributed by atoms with van der Waals surface area (Å²) >= 11 is 0. The van der Waals surface area contributed by atoms with Crippen LogP contribution in [0, 0.1) is 0 Å². The molecule has 0 radical (unpaired) electrons. The summed E-state index contributed by atoms with van der Waals surface area (Å²) in [6, 6.07) is -0.242. The Hall–Kier alpha value is -3.03. The number of H-pyrrole nitrogens is 2. The van der Waals surface area contributed by atoms with E-state index in [-0.39, 0.29) is 11.6 Å². The minimum atomic E-state index is -0.242. The summed E-state index contributed by atoms with van der Waals surface area (Å²) in [6.45, 7) is 5.75. The highest BCUT2D eigenvalue weighted by molar-refractivity contribution is 5.82. The lowest BCUT2D eigenvalue weighted by Crippen LogP contribution is -2.44. The molecular weight excluding hydrogens is 306 g/mol. The molecule has 0 spiro atoms. The van der Waals surface area contributed by atoms with Crippen molar-refractivity contribution >= 4 is 29.1 Å². The van der Waals surface area contributed by atoms with Gasteiger partial charge in [-0.2, -0.15) is 0 Å². The molecule has 0 aliphatic heterocycles. The first-order chi connectivity index (χ1) is 11.6. The van der Waals surface area contributed by atoms with Crippen LogP contribution >= 0.6 is 0 Å². The van der Waals surface area contributed by atoms with Crippen molar-refractivity contribution in [1.29, 1.82) is 0 Å². The maximum absolute atomic E-state index is 12.3. The molecule has 3 heterocycles. The van der Waals surface area contributed by atoms with Crippen LogP contribution in [0.5, 0.6) is 0 Å². The number of fused-ring (bicyclic) bond motifs is 1. The fourth-order valence-electron chi connectivity index (χ4n) is 2.50. The van der Waals surface area contributed by atoms with Gasteiger partial charge in [0.25, 0.3) is 5.56 Å². The monoisotopic (exact) mass is 325 g/mol. The quantitative estimate of drug-likeness (QED) is 0.647. The highest BCUT2D eigenvalue weighted by Crippen LogP contribution is 2.19. The summed E-state index contributed by atoms with van der Waals surface area (Å²) in [5.74, 6) is 1.16. The molecule has 0 aromatic carbocycles. The SMILES string of the molecule is C/C=c1/c(=O)[nH]c(C(C)Nc2ncnc3nc[nH]c23)n/c1=C/CC. The summed E-state index contributed by atoms with van der Waals surface area (Å²) in [6.07, 6.45) is 7.53. The number of aromatic amines is 2. The van der Waals surface area contributed by atoms with Crippen molar-refractivity contribution in [2.45, 2.75) is 33.2 Å². The molecule has 1 atom stereocenters. The van der Waals surface area contributed by atoms with Crippen LogP contribution in [0.1, 0.15) is 39.1 Å². The molecule has 1 unspecified atom stereocenters. The van der Waals surface area contributed by atoms with Crippen molar-refractivity contribution in [2.75, 3.05) is 5.32 Å². The summed E-state index contributed by atoms with van der Waals surface area (Å²) in [4.78, 5) is 35.1. The van der Waals surface area contributed by atoms with Crippen molar-refractivity contribution in [3.8, 4) is 0 Å². The van der Waals surface area contributed by atoms with Crippen molar-refractivity contribution in [2.24, 2.45) is 0 Å². The predicted molar refractivity (Wildman–Crippen MR) is 92.7 cm³/mol. The van der Waals surface area contributed by atoms with Gasteiger partial charge in [0, 0.05) is 0 Å². The van der Waals surface area contributed by atoms with Gasteiger partial charge in [0.2, 0.25) is 0 Å². The van der Waals surface area contributed by atoms with Gasteiger partial charge in [0.15, 0.2) is 11.5 Å². The van der Waals surface area contributed by atoms with E-state index in [1.165, 1.54) is 6.33 Å². The van der Waals surface area contributed by atoms with Gasteiger partial charge < -0.3 is 15.3 Å². The Kier molecular flexibility index (Phi) is 4.37. The van der Waals surface area contributed by atoms with Gasteiger partial charge >= 0.3 is 0 Å². The van der Waals surface area contributed by atoms with Crippen LogP contribution in [-0.4, -0.2) is 29.9 Å². The highest BCUT2D eigenvalue weighted by Gasteiger charge is 2.13. The lowest BCUT2D eigenvalue weighted by atomic mass is 10.2. The number of nitrogens with zero attached hydrogens (tertiary/aromatic N) is 4. The first kappa shape index (κ1) is 15.9. The van der Waals surface area contributed by atoms with Gasteiger partial charge in [-0.3, -0.25) is 4.79 Å². The van der Waals surface area contributed by atoms with Crippen LogP contribution in [0.15, 0.2) is 17.4 Å². The number of hydrogen-bond donors (Lipinski definition) is 3. The molecule has 0 saturated heterocycles. The zero-order valence-electron chi connectivity index (χ0n) is 13.8. The number of aromatic nitrogens is 6. The van der Waals surface area contributed by atoms with Crippen molar-refractivity contribution in [3.05, 3.63) is 39.4 Å². The topological polar surface area (TPSA) is 112 Å². The fourth-order valence-corrected chi connectivity index (χ4v) is 2.50. The van der Waals surface area contributed by atoms with Crippen LogP contribution < -0.4 is 21.4 Å². The summed E-state index contributed by atoms with van der Waals surface area (Å²) in [7, 11) is 0. The minimum absolute atomic E-state index is 0.148. The van der Waals surface area contributed by atoms with Gasteiger partial charge in [-0.25, -0.2) is 19.9 Å². The maximum Gasteiger partial charge on any atom is 0.258 e. The van der Waals surface area contributed by atoms with E-state index in [1.54, 1.807) is 12.4 Å². The van der Waals surface area contributed by atoms with E-state index in [2.05, 4.69) is 35.2 Å². The third kappa shape index (κ3) is 2.90. The Morgan fingerprint density at radius 1 is 1.33 bits per heavy atom. The number of imidazole rings is 1. The average molecular weight is 325 g/mol. The summed E-state index contributed by atoms with van der Waals surface area (Å²) in [5, 5.41) is 4.53. The molecule has 0 aliphatic carbocycles. The molecule has 124 valence electrons. The first-order valence-electron chi connectivity index (χ1n) is 7.81. The lowest BCUT2D eigenvalue weighted by Gasteiger charge is -2.14. The number of rotatable bonds is 4. The smallest absolute Gasteiger partial charge is 0.258 e. The molecule has 8 heteroatoms. The van der Waals surface area contributed by atoms with Crippen LogP contribution in [-0.2, 0) is 0 Å². The molecule has 3 rings (SSSR count). The Bertz CT molecular complexity index is 1030. The second-order valence-electron chi connectivity index (χ2n) is 5.34. The Morgan fingerprint density at radius 3 is 2.92 bits per heavy atom. The Morgan fingerprint density at radius 2 is 2.17 bits per heavy atom. The average Bonchev–Trinajstić information content (AvgIpc) is 3.04. The molecule has 0 fully saturated rings. The van der Waals surface area contributed by atoms with Crippen LogP contribution in [0.2, 0.25) is 0 Å². The van der Waals surface area contributed by atoms with E-state index in [0.29, 0.717) is 33.4 Å². The van der Waals surface area contributed by atoms with E-state index in [9.17, 15) is 4.79 Å². The molecule has 0 bridgehead atoms. The molecule has 3 N–H and O–H groups in total. The van der Waals surface area contributed by atoms with Gasteiger partial charge in [0.1, 0.15) is 17.7 Å². The second-order valence-corrected chi connectivity index (χ2v) is 5.34. The summed E-state index contributed by atoms with van der Waals surface area (Å²) in [5.41, 5.74) is 1.15. The summed E-state index contributed by atoms with van der Waals surface area (Å²) < 4.78 is 0. The second kappa shape index (κ2) is 6.61. The van der Waals surface area contributed by atoms with Crippen molar-refractivity contribution in [1.82, 2.24) is 29.9 Å². The zero-order valence-corrected chi connectivity index (χ0v) is 13.8. The third-order valence-electron chi connectivity index (χ3n) is 3.68. The molecule has 0 saturated carbocycles. The van der Waals surface area contributed by atoms with Crippen LogP contribution in [0.3, 0.4) is 0 Å². The van der Waals surface area contributed by atoms with E-state index in [0.717, 1.165) is 6.42 Å².